The molecule has 31 heavy (non-hydrogen) atoms. The molecule has 0 aliphatic rings. The minimum atomic E-state index is -1.27. The number of hydrogen-bond acceptors (Lipinski definition) is 6. The van der Waals surface area contributed by atoms with Crippen molar-refractivity contribution in [2.75, 3.05) is 12.3 Å². The lowest BCUT2D eigenvalue weighted by Crippen LogP contribution is -2.22. The van der Waals surface area contributed by atoms with E-state index in [0.717, 1.165) is 6.04 Å². The Hall–Kier alpha value is -2.95. The number of aromatic nitrogens is 5. The second-order valence-electron chi connectivity index (χ2n) is 8.53. The number of nitrogens with two attached hydrogens (primary N) is 1. The molecule has 4 N–H and O–H groups in total. The molecule has 4 rings (SSSR count). The SMILES string of the molecule is C[Si](C)(C)CCOCn1c(-c2[nH]nc3ncnc(N)c23)c(Cl)c2ccc(C(=O)O)cc21. The molecule has 3 aromatic heterocycles. The molecule has 0 saturated heterocycles. The zero-order chi connectivity index (χ0) is 22.3. The third-order valence-corrected chi connectivity index (χ3v) is 7.17. The number of nitrogen functional groups attached to an aromatic ring is 1. The molecule has 0 aliphatic heterocycles. The lowest BCUT2D eigenvalue weighted by atomic mass is 10.1. The van der Waals surface area contributed by atoms with Gasteiger partial charge in [-0.1, -0.05) is 37.3 Å². The standard InChI is InChI=1S/C20H23ClN6O3Si/c1-31(2,3)7-6-30-10-27-13-8-11(20(28)29)4-5-12(13)15(21)17(27)16-14-18(22)23-9-24-19(14)26-25-16/h4-5,8-9H,6-7,10H2,1-3H3,(H,28,29)(H3,22,23,24,25,26). The van der Waals surface area contributed by atoms with Crippen molar-refractivity contribution in [3.05, 3.63) is 35.1 Å². The highest BCUT2D eigenvalue weighted by atomic mass is 35.5. The van der Waals surface area contributed by atoms with Crippen molar-refractivity contribution in [2.45, 2.75) is 32.4 Å². The van der Waals surface area contributed by atoms with Gasteiger partial charge in [0.1, 0.15) is 18.9 Å². The maximum atomic E-state index is 11.5. The fourth-order valence-corrected chi connectivity index (χ4v) is 4.52. The summed E-state index contributed by atoms with van der Waals surface area (Å²) in [5.41, 5.74) is 8.47. The van der Waals surface area contributed by atoms with Crippen molar-refractivity contribution in [3.8, 4) is 11.4 Å². The molecule has 0 unspecified atom stereocenters. The summed E-state index contributed by atoms with van der Waals surface area (Å²) >= 11 is 6.78. The first-order chi connectivity index (χ1) is 14.7. The number of benzene rings is 1. The highest BCUT2D eigenvalue weighted by Crippen LogP contribution is 2.40. The Kier molecular flexibility index (Phi) is 5.46. The lowest BCUT2D eigenvalue weighted by molar-refractivity contribution is 0.0696. The van der Waals surface area contributed by atoms with Crippen molar-refractivity contribution in [1.29, 1.82) is 0 Å². The van der Waals surface area contributed by atoms with Gasteiger partial charge in [0, 0.05) is 20.1 Å². The fourth-order valence-electron chi connectivity index (χ4n) is 3.40. The third-order valence-electron chi connectivity index (χ3n) is 5.08. The number of aromatic carboxylic acids is 1. The molecule has 11 heteroatoms. The summed E-state index contributed by atoms with van der Waals surface area (Å²) in [5, 5.41) is 18.3. The second-order valence-corrected chi connectivity index (χ2v) is 14.5. The van der Waals surface area contributed by atoms with E-state index in [1.54, 1.807) is 12.1 Å². The fraction of sp³-hybridized carbons (Fsp3) is 0.300. The van der Waals surface area contributed by atoms with Crippen LogP contribution in [0.2, 0.25) is 30.7 Å². The number of hydrogen-bond donors (Lipinski definition) is 3. The Morgan fingerprint density at radius 1 is 1.32 bits per heavy atom. The number of carbonyl (C=O) groups is 1. The van der Waals surface area contributed by atoms with Gasteiger partial charge in [0.05, 0.1) is 32.9 Å². The molecule has 9 nitrogen and oxygen atoms in total. The first kappa shape index (κ1) is 21.3. The van der Waals surface area contributed by atoms with Gasteiger partial charge >= 0.3 is 5.97 Å². The van der Waals surface area contributed by atoms with Gasteiger partial charge in [-0.25, -0.2) is 14.8 Å². The summed E-state index contributed by atoms with van der Waals surface area (Å²) in [4.78, 5) is 19.8. The van der Waals surface area contributed by atoms with Crippen molar-refractivity contribution >= 4 is 53.4 Å². The number of fused-ring (bicyclic) bond motifs is 2. The molecule has 162 valence electrons. The van der Waals surface area contributed by atoms with Crippen LogP contribution in [0.25, 0.3) is 33.3 Å². The summed E-state index contributed by atoms with van der Waals surface area (Å²) in [6, 6.07) is 5.82. The maximum absolute atomic E-state index is 11.5. The number of aromatic amines is 1. The number of carboxylic acid groups (broad SMARTS) is 1. The van der Waals surface area contributed by atoms with Gasteiger partial charge < -0.3 is 20.1 Å². The average molecular weight is 459 g/mol. The molecule has 0 aliphatic carbocycles. The summed E-state index contributed by atoms with van der Waals surface area (Å²) < 4.78 is 7.83. The molecule has 0 atom stereocenters. The Labute approximate surface area is 184 Å². The smallest absolute Gasteiger partial charge is 0.335 e. The minimum absolute atomic E-state index is 0.161. The molecule has 1 aromatic carbocycles. The Morgan fingerprint density at radius 2 is 2.10 bits per heavy atom. The van der Waals surface area contributed by atoms with Crippen LogP contribution in [0, 0.1) is 0 Å². The van der Waals surface area contributed by atoms with Gasteiger partial charge in [-0.3, -0.25) is 5.10 Å². The van der Waals surface area contributed by atoms with Crippen molar-refractivity contribution in [3.63, 3.8) is 0 Å². The Bertz CT molecular complexity index is 1290. The van der Waals surface area contributed by atoms with Gasteiger partial charge in [0.15, 0.2) is 5.65 Å². The molecule has 0 amide bonds. The second kappa shape index (κ2) is 7.95. The highest BCUT2D eigenvalue weighted by Gasteiger charge is 2.24. The monoisotopic (exact) mass is 458 g/mol. The average Bonchev–Trinajstić information content (AvgIpc) is 3.24. The van der Waals surface area contributed by atoms with Crippen LogP contribution in [0.15, 0.2) is 24.5 Å². The van der Waals surface area contributed by atoms with Crippen LogP contribution in [-0.4, -0.2) is 50.5 Å². The molecular formula is C20H23ClN6O3Si. The third kappa shape index (κ3) is 4.01. The number of ether oxygens (including phenoxy) is 1. The summed E-state index contributed by atoms with van der Waals surface area (Å²) in [6.45, 7) is 7.63. The van der Waals surface area contributed by atoms with Gasteiger partial charge in [0.25, 0.3) is 0 Å². The number of nitrogens with one attached hydrogen (secondary N) is 1. The van der Waals surface area contributed by atoms with E-state index in [0.29, 0.717) is 45.0 Å². The number of rotatable bonds is 7. The summed E-state index contributed by atoms with van der Waals surface area (Å²) in [7, 11) is -1.27. The predicted octanol–water partition coefficient (Wildman–Crippen LogP) is 4.22. The molecule has 3 heterocycles. The largest absolute Gasteiger partial charge is 0.478 e. The van der Waals surface area contributed by atoms with Gasteiger partial charge in [-0.05, 0) is 18.2 Å². The molecule has 0 saturated carbocycles. The van der Waals surface area contributed by atoms with Crippen LogP contribution in [-0.2, 0) is 11.5 Å². The van der Waals surface area contributed by atoms with E-state index in [1.165, 1.54) is 12.4 Å². The van der Waals surface area contributed by atoms with E-state index in [2.05, 4.69) is 39.8 Å². The van der Waals surface area contributed by atoms with Crippen molar-refractivity contribution in [1.82, 2.24) is 24.7 Å². The number of H-pyrrole nitrogens is 1. The maximum Gasteiger partial charge on any atom is 0.335 e. The molecule has 0 radical (unpaired) electrons. The number of halogens is 1. The van der Waals surface area contributed by atoms with Crippen LogP contribution < -0.4 is 5.73 Å². The lowest BCUT2D eigenvalue weighted by Gasteiger charge is -2.17. The van der Waals surface area contributed by atoms with Crippen molar-refractivity contribution < 1.29 is 14.6 Å². The zero-order valence-corrected chi connectivity index (χ0v) is 19.2. The highest BCUT2D eigenvalue weighted by molar-refractivity contribution is 6.76. The van der Waals surface area contributed by atoms with Crippen LogP contribution in [0.5, 0.6) is 0 Å². The van der Waals surface area contributed by atoms with Gasteiger partial charge in [0.2, 0.25) is 0 Å². The molecule has 0 bridgehead atoms. The van der Waals surface area contributed by atoms with E-state index in [-0.39, 0.29) is 18.1 Å². The topological polar surface area (TPSA) is 132 Å². The minimum Gasteiger partial charge on any atom is -0.478 e. The molecule has 4 aromatic rings. The Balaban J connectivity index is 1.88. The quantitative estimate of drug-likeness (QED) is 0.279. The summed E-state index contributed by atoms with van der Waals surface area (Å²) in [6.07, 6.45) is 1.35. The van der Waals surface area contributed by atoms with E-state index >= 15 is 0 Å². The van der Waals surface area contributed by atoms with Gasteiger partial charge in [-0.15, -0.1) is 0 Å². The first-order valence-electron chi connectivity index (χ1n) is 9.75. The molecule has 0 fully saturated rings. The number of carboxylic acids is 1. The van der Waals surface area contributed by atoms with Crippen LogP contribution >= 0.6 is 11.6 Å². The van der Waals surface area contributed by atoms with E-state index in [1.807, 2.05) is 4.57 Å². The van der Waals surface area contributed by atoms with E-state index < -0.39 is 14.0 Å². The van der Waals surface area contributed by atoms with E-state index in [4.69, 9.17) is 22.1 Å². The Morgan fingerprint density at radius 3 is 2.81 bits per heavy atom. The van der Waals surface area contributed by atoms with Gasteiger partial charge in [-0.2, -0.15) is 5.10 Å². The molecular weight excluding hydrogens is 436 g/mol. The molecule has 0 spiro atoms. The van der Waals surface area contributed by atoms with Crippen LogP contribution in [0.3, 0.4) is 0 Å². The zero-order valence-electron chi connectivity index (χ0n) is 17.4. The predicted molar refractivity (Wildman–Crippen MR) is 123 cm³/mol. The van der Waals surface area contributed by atoms with Crippen LogP contribution in [0.4, 0.5) is 5.82 Å². The normalized spacial score (nSPS) is 12.1. The van der Waals surface area contributed by atoms with Crippen molar-refractivity contribution in [2.24, 2.45) is 0 Å². The van der Waals surface area contributed by atoms with Crippen LogP contribution in [0.1, 0.15) is 10.4 Å². The summed E-state index contributed by atoms with van der Waals surface area (Å²) in [5.74, 6) is -0.746. The first-order valence-corrected chi connectivity index (χ1v) is 13.8. The number of anilines is 1. The number of nitrogens with zero attached hydrogens (tertiary/aromatic N) is 4. The van der Waals surface area contributed by atoms with E-state index in [9.17, 15) is 9.90 Å².